The minimum Gasteiger partial charge on any atom is -0.467 e. The fourth-order valence-corrected chi connectivity index (χ4v) is 6.77. The average molecular weight is 866 g/mol. The van der Waals surface area contributed by atoms with Gasteiger partial charge in [-0.25, -0.2) is 14.4 Å². The molecule has 0 fully saturated rings. The first-order chi connectivity index (χ1) is 29.3. The number of rotatable bonds is 28. The molecule has 14 heteroatoms. The van der Waals surface area contributed by atoms with Crippen LogP contribution in [0.15, 0.2) is 60.7 Å². The monoisotopic (exact) mass is 866 g/mol. The number of methoxy groups -OCH3 is 1. The average Bonchev–Trinajstić information content (AvgIpc) is 3.20. The molecule has 346 valence electrons. The Labute approximate surface area is 369 Å². The van der Waals surface area contributed by atoms with Gasteiger partial charge in [-0.2, -0.15) is 0 Å². The largest absolute Gasteiger partial charge is 0.467 e. The lowest BCUT2D eigenvalue weighted by Crippen LogP contribution is -2.52. The maximum absolute atomic E-state index is 13.0. The zero-order valence-corrected chi connectivity index (χ0v) is 38.4. The topological polar surface area (TPSA) is 204 Å². The summed E-state index contributed by atoms with van der Waals surface area (Å²) in [7, 11) is 1.22. The highest BCUT2D eigenvalue weighted by Gasteiger charge is 2.30. The Morgan fingerprint density at radius 3 is 1.66 bits per heavy atom. The number of nitrogens with one attached hydrogen (secondary N) is 4. The number of carbonyl (C=O) groups is 6. The van der Waals surface area contributed by atoms with Gasteiger partial charge in [0, 0.05) is 25.4 Å². The zero-order chi connectivity index (χ0) is 46.0. The molecule has 0 aliphatic rings. The van der Waals surface area contributed by atoms with E-state index in [9.17, 15) is 28.8 Å². The van der Waals surface area contributed by atoms with E-state index in [4.69, 9.17) is 19.9 Å². The molecular weight excluding hydrogens is 791 g/mol. The molecule has 62 heavy (non-hydrogen) atoms. The number of carbonyl (C=O) groups excluding carboxylic acids is 6. The van der Waals surface area contributed by atoms with Crippen molar-refractivity contribution in [1.82, 2.24) is 21.3 Å². The second-order valence-electron chi connectivity index (χ2n) is 18.0. The van der Waals surface area contributed by atoms with Crippen molar-refractivity contribution < 1.29 is 43.0 Å². The van der Waals surface area contributed by atoms with Crippen molar-refractivity contribution in [2.75, 3.05) is 13.7 Å². The van der Waals surface area contributed by atoms with E-state index in [2.05, 4.69) is 33.4 Å². The van der Waals surface area contributed by atoms with E-state index in [1.54, 1.807) is 41.5 Å². The molecular formula is C48H75N5O9. The number of amides is 4. The van der Waals surface area contributed by atoms with Gasteiger partial charge in [0.15, 0.2) is 0 Å². The van der Waals surface area contributed by atoms with Crippen LogP contribution in [0, 0.1) is 0 Å². The van der Waals surface area contributed by atoms with Crippen LogP contribution in [-0.2, 0) is 51.0 Å². The molecule has 2 rings (SSSR count). The highest BCUT2D eigenvalue weighted by molar-refractivity contribution is 5.87. The van der Waals surface area contributed by atoms with E-state index in [1.165, 1.54) is 12.7 Å². The van der Waals surface area contributed by atoms with Gasteiger partial charge in [-0.1, -0.05) is 99.2 Å². The number of esters is 3. The van der Waals surface area contributed by atoms with Crippen LogP contribution in [0.5, 0.6) is 0 Å². The molecule has 0 spiro atoms. The van der Waals surface area contributed by atoms with Crippen LogP contribution < -0.4 is 27.0 Å². The van der Waals surface area contributed by atoms with E-state index < -0.39 is 53.3 Å². The number of hydrogen-bond donors (Lipinski definition) is 5. The summed E-state index contributed by atoms with van der Waals surface area (Å²) in [6.07, 6.45) is 10.8. The van der Waals surface area contributed by atoms with Crippen LogP contribution in [0.4, 0.5) is 4.79 Å². The summed E-state index contributed by atoms with van der Waals surface area (Å²) < 4.78 is 15.7. The maximum Gasteiger partial charge on any atom is 0.329 e. The smallest absolute Gasteiger partial charge is 0.329 e. The second kappa shape index (κ2) is 28.6. The normalized spacial score (nSPS) is 13.4. The molecule has 0 radical (unpaired) electrons. The van der Waals surface area contributed by atoms with E-state index >= 15 is 0 Å². The summed E-state index contributed by atoms with van der Waals surface area (Å²) in [6, 6.07) is 16.5. The molecule has 0 aromatic heterocycles. The first-order valence-electron chi connectivity index (χ1n) is 22.3. The van der Waals surface area contributed by atoms with Gasteiger partial charge in [0.1, 0.15) is 23.3 Å². The molecule has 0 saturated heterocycles. The van der Waals surface area contributed by atoms with E-state index in [-0.39, 0.29) is 37.1 Å². The van der Waals surface area contributed by atoms with Gasteiger partial charge in [0.05, 0.1) is 13.2 Å². The fourth-order valence-electron chi connectivity index (χ4n) is 6.77. The number of urea groups is 1. The van der Waals surface area contributed by atoms with Crippen molar-refractivity contribution in [1.29, 1.82) is 0 Å². The lowest BCUT2D eigenvalue weighted by molar-refractivity contribution is -0.158. The SMILES string of the molecule is COC(=O)C(CCCCNC(=O)CCCCCCCCC[C@@H](Cc1ccccc1)NC(=O)C(N)Cc1ccccc1)NC(=O)N[C@@H](CCC(=O)OC(C)(C)C)C(=O)OC(C)(C)C. The first-order valence-corrected chi connectivity index (χ1v) is 22.3. The van der Waals surface area contributed by atoms with E-state index in [0.717, 1.165) is 63.4 Å². The van der Waals surface area contributed by atoms with E-state index in [1.807, 2.05) is 48.5 Å². The van der Waals surface area contributed by atoms with Gasteiger partial charge in [-0.3, -0.25) is 14.4 Å². The number of benzene rings is 2. The molecule has 2 unspecified atom stereocenters. The second-order valence-corrected chi connectivity index (χ2v) is 18.0. The molecule has 0 bridgehead atoms. The standard InChI is InChI=1S/C48H75N5O9/c1-47(2,3)61-42(55)31-30-40(45(58)62-48(4,5)6)53-46(59)52-39(44(57)60-7)28-21-22-32-50-41(54)29-20-12-10-8-9-11-19-27-37(33-35-23-15-13-16-24-35)51-43(56)38(49)34-36-25-17-14-18-26-36/h13-18,23-26,37-40H,8-12,19-22,27-34,49H2,1-7H3,(H,50,54)(H,51,56)(H2,52,53,59)/t37-,38?,39?,40-/m0/s1. The van der Waals surface area contributed by atoms with Crippen molar-refractivity contribution in [3.8, 4) is 0 Å². The van der Waals surface area contributed by atoms with Gasteiger partial charge >= 0.3 is 23.9 Å². The Morgan fingerprint density at radius 1 is 0.581 bits per heavy atom. The molecule has 0 heterocycles. The Morgan fingerprint density at radius 2 is 1.10 bits per heavy atom. The molecule has 0 saturated carbocycles. The number of hydrogen-bond acceptors (Lipinski definition) is 10. The first kappa shape index (κ1) is 53.2. The number of ether oxygens (including phenoxy) is 3. The Kier molecular flexibility index (Phi) is 24.5. The van der Waals surface area contributed by atoms with Gasteiger partial charge in [-0.15, -0.1) is 0 Å². The van der Waals surface area contributed by atoms with Crippen LogP contribution in [0.25, 0.3) is 0 Å². The van der Waals surface area contributed by atoms with Crippen molar-refractivity contribution in [2.45, 2.75) is 180 Å². The predicted molar refractivity (Wildman–Crippen MR) is 241 cm³/mol. The minimum absolute atomic E-state index is 0.0117. The third kappa shape index (κ3) is 25.1. The van der Waals surface area contributed by atoms with Crippen molar-refractivity contribution in [3.05, 3.63) is 71.8 Å². The van der Waals surface area contributed by atoms with Gasteiger partial charge in [0.2, 0.25) is 11.8 Å². The molecule has 6 N–H and O–H groups in total. The summed E-state index contributed by atoms with van der Waals surface area (Å²) in [5.41, 5.74) is 6.97. The van der Waals surface area contributed by atoms with Crippen LogP contribution in [0.3, 0.4) is 0 Å². The summed E-state index contributed by atoms with van der Waals surface area (Å²) >= 11 is 0. The maximum atomic E-state index is 13.0. The molecule has 4 atom stereocenters. The van der Waals surface area contributed by atoms with Crippen molar-refractivity contribution >= 4 is 35.8 Å². The van der Waals surface area contributed by atoms with Crippen LogP contribution in [0.2, 0.25) is 0 Å². The third-order valence-corrected chi connectivity index (χ3v) is 9.85. The molecule has 14 nitrogen and oxygen atoms in total. The molecule has 2 aromatic carbocycles. The van der Waals surface area contributed by atoms with Gasteiger partial charge in [-0.05, 0) is 104 Å². The fraction of sp³-hybridized carbons (Fsp3) is 0.625. The van der Waals surface area contributed by atoms with Crippen LogP contribution in [-0.4, -0.2) is 84.8 Å². The van der Waals surface area contributed by atoms with Crippen LogP contribution in [0.1, 0.15) is 143 Å². The Balaban J connectivity index is 1.66. The summed E-state index contributed by atoms with van der Waals surface area (Å²) in [6.45, 7) is 10.7. The lowest BCUT2D eigenvalue weighted by atomic mass is 9.98. The highest BCUT2D eigenvalue weighted by atomic mass is 16.6. The lowest BCUT2D eigenvalue weighted by Gasteiger charge is -2.26. The summed E-state index contributed by atoms with van der Waals surface area (Å²) in [5.74, 6) is -2.05. The predicted octanol–water partition coefficient (Wildman–Crippen LogP) is 6.75. The quantitative estimate of drug-likeness (QED) is 0.0346. The summed E-state index contributed by atoms with van der Waals surface area (Å²) in [4.78, 5) is 76.2. The molecule has 0 aliphatic heterocycles. The number of nitrogens with two attached hydrogens (primary N) is 1. The van der Waals surface area contributed by atoms with Crippen molar-refractivity contribution in [2.24, 2.45) is 5.73 Å². The number of unbranched alkanes of at least 4 members (excludes halogenated alkanes) is 7. The van der Waals surface area contributed by atoms with Crippen molar-refractivity contribution in [3.63, 3.8) is 0 Å². The minimum atomic E-state index is -1.16. The van der Waals surface area contributed by atoms with Gasteiger partial charge in [0.25, 0.3) is 0 Å². The van der Waals surface area contributed by atoms with E-state index in [0.29, 0.717) is 32.2 Å². The summed E-state index contributed by atoms with van der Waals surface area (Å²) in [5, 5.41) is 11.3. The van der Waals surface area contributed by atoms with Gasteiger partial charge < -0.3 is 41.2 Å². The molecule has 4 amide bonds. The highest BCUT2D eigenvalue weighted by Crippen LogP contribution is 2.16. The van der Waals surface area contributed by atoms with Crippen LogP contribution >= 0.6 is 0 Å². The molecule has 0 aliphatic carbocycles. The third-order valence-electron chi connectivity index (χ3n) is 9.85. The Bertz CT molecular complexity index is 1640. The molecule has 2 aromatic rings. The zero-order valence-electron chi connectivity index (χ0n) is 38.4. The Hall–Kier alpha value is -4.98.